The summed E-state index contributed by atoms with van der Waals surface area (Å²) in [5.41, 5.74) is 10.7. The summed E-state index contributed by atoms with van der Waals surface area (Å²) in [5, 5.41) is -1.36. The number of fused-ring (bicyclic) bond motifs is 1. The van der Waals surface area contributed by atoms with Crippen molar-refractivity contribution in [2.24, 2.45) is 5.73 Å². The van der Waals surface area contributed by atoms with Gasteiger partial charge in [0, 0.05) is 35.6 Å². The van der Waals surface area contributed by atoms with Crippen LogP contribution in [0.1, 0.15) is 43.1 Å². The van der Waals surface area contributed by atoms with Crippen LogP contribution in [0, 0.1) is 6.92 Å². The second-order valence-electron chi connectivity index (χ2n) is 8.76. The van der Waals surface area contributed by atoms with Gasteiger partial charge >= 0.3 is 5.24 Å². The lowest BCUT2D eigenvalue weighted by molar-refractivity contribution is 0.264. The Morgan fingerprint density at radius 2 is 1.77 bits per heavy atom. The van der Waals surface area contributed by atoms with E-state index in [4.69, 9.17) is 15.7 Å². The maximum Gasteiger partial charge on any atom is 0.349 e. The number of carbonyl (C=O) groups excluding carboxylic acids is 1. The highest BCUT2D eigenvalue weighted by atomic mass is 32.2. The number of H-pyrrole nitrogens is 1. The number of primary amides is 1. The molecular weight excluding hydrogens is 466 g/mol. The quantitative estimate of drug-likeness (QED) is 0.386. The SMILES string of the molecule is Cc1cccc(-c2[nH]c(C3CCC(NS(=O)(=O)C(N)=O)CC3)nc2-c2ccc3nccnc3c2)n1. The molecule has 0 atom stereocenters. The van der Waals surface area contributed by atoms with Crippen LogP contribution in [0.2, 0.25) is 0 Å². The van der Waals surface area contributed by atoms with E-state index in [0.717, 1.165) is 45.2 Å². The molecule has 1 saturated carbocycles. The summed E-state index contributed by atoms with van der Waals surface area (Å²) in [7, 11) is -4.13. The number of aromatic nitrogens is 5. The van der Waals surface area contributed by atoms with E-state index in [2.05, 4.69) is 19.7 Å². The Labute approximate surface area is 202 Å². The lowest BCUT2D eigenvalue weighted by Crippen LogP contribution is -2.42. The molecule has 35 heavy (non-hydrogen) atoms. The average Bonchev–Trinajstić information content (AvgIpc) is 3.29. The first-order valence-electron chi connectivity index (χ1n) is 11.4. The largest absolute Gasteiger partial charge is 0.355 e. The molecule has 180 valence electrons. The number of carbonyl (C=O) groups is 1. The summed E-state index contributed by atoms with van der Waals surface area (Å²) in [4.78, 5) is 33.1. The van der Waals surface area contributed by atoms with Crippen LogP contribution in [0.5, 0.6) is 0 Å². The Bertz CT molecular complexity index is 1510. The number of aryl methyl sites for hydroxylation is 1. The van der Waals surface area contributed by atoms with E-state index < -0.39 is 15.3 Å². The molecule has 1 aliphatic rings. The first-order valence-corrected chi connectivity index (χ1v) is 12.9. The fourth-order valence-electron chi connectivity index (χ4n) is 4.53. The minimum Gasteiger partial charge on any atom is -0.355 e. The predicted molar refractivity (Wildman–Crippen MR) is 132 cm³/mol. The predicted octanol–water partition coefficient (Wildman–Crippen LogP) is 3.41. The highest BCUT2D eigenvalue weighted by Crippen LogP contribution is 2.37. The molecule has 1 aliphatic carbocycles. The maximum atomic E-state index is 11.8. The number of aromatic amines is 1. The lowest BCUT2D eigenvalue weighted by atomic mass is 9.86. The first kappa shape index (κ1) is 23.1. The van der Waals surface area contributed by atoms with Crippen LogP contribution >= 0.6 is 0 Å². The zero-order valence-electron chi connectivity index (χ0n) is 19.1. The van der Waals surface area contributed by atoms with Crippen molar-refractivity contribution < 1.29 is 13.2 Å². The van der Waals surface area contributed by atoms with Gasteiger partial charge in [0.05, 0.1) is 28.1 Å². The fourth-order valence-corrected chi connectivity index (χ4v) is 5.32. The molecule has 4 aromatic rings. The Kier molecular flexibility index (Phi) is 6.03. The van der Waals surface area contributed by atoms with Gasteiger partial charge in [-0.1, -0.05) is 12.1 Å². The molecule has 11 heteroatoms. The number of pyridine rings is 1. The third kappa shape index (κ3) is 4.77. The molecule has 0 aliphatic heterocycles. The normalized spacial score (nSPS) is 18.5. The van der Waals surface area contributed by atoms with Crippen molar-refractivity contribution in [2.75, 3.05) is 0 Å². The van der Waals surface area contributed by atoms with Crippen molar-refractivity contribution in [3.63, 3.8) is 0 Å². The molecule has 10 nitrogen and oxygen atoms in total. The Morgan fingerprint density at radius 1 is 1.03 bits per heavy atom. The lowest BCUT2D eigenvalue weighted by Gasteiger charge is -2.27. The number of nitrogens with zero attached hydrogens (tertiary/aromatic N) is 4. The topological polar surface area (TPSA) is 157 Å². The third-order valence-corrected chi connectivity index (χ3v) is 7.48. The molecule has 0 spiro atoms. The summed E-state index contributed by atoms with van der Waals surface area (Å²) >= 11 is 0. The van der Waals surface area contributed by atoms with Gasteiger partial charge in [-0.2, -0.15) is 0 Å². The minimum absolute atomic E-state index is 0.113. The molecule has 0 radical (unpaired) electrons. The Morgan fingerprint density at radius 3 is 2.49 bits per heavy atom. The van der Waals surface area contributed by atoms with Gasteiger partial charge in [-0.05, 0) is 56.9 Å². The van der Waals surface area contributed by atoms with E-state index in [1.165, 1.54) is 0 Å². The summed E-state index contributed by atoms with van der Waals surface area (Å²) < 4.78 is 26.0. The van der Waals surface area contributed by atoms with Crippen LogP contribution in [-0.2, 0) is 10.0 Å². The highest BCUT2D eigenvalue weighted by molar-refractivity contribution is 8.04. The summed E-state index contributed by atoms with van der Waals surface area (Å²) in [5.74, 6) is 0.940. The van der Waals surface area contributed by atoms with Crippen LogP contribution in [-0.4, -0.2) is 44.6 Å². The van der Waals surface area contributed by atoms with Gasteiger partial charge in [-0.3, -0.25) is 19.7 Å². The monoisotopic (exact) mass is 491 g/mol. The van der Waals surface area contributed by atoms with E-state index >= 15 is 0 Å². The van der Waals surface area contributed by atoms with E-state index in [1.54, 1.807) is 12.4 Å². The van der Waals surface area contributed by atoms with Crippen molar-refractivity contribution >= 4 is 26.3 Å². The molecule has 0 unspecified atom stereocenters. The van der Waals surface area contributed by atoms with Crippen molar-refractivity contribution in [3.05, 3.63) is 60.3 Å². The van der Waals surface area contributed by atoms with Gasteiger partial charge in [-0.25, -0.2) is 18.1 Å². The molecule has 5 rings (SSSR count). The molecule has 1 fully saturated rings. The van der Waals surface area contributed by atoms with Gasteiger partial charge in [-0.15, -0.1) is 0 Å². The van der Waals surface area contributed by atoms with Crippen molar-refractivity contribution in [1.82, 2.24) is 29.6 Å². The van der Waals surface area contributed by atoms with Crippen LogP contribution in [0.15, 0.2) is 48.8 Å². The van der Waals surface area contributed by atoms with Crippen molar-refractivity contribution in [2.45, 2.75) is 44.6 Å². The molecular formula is C24H25N7O3S. The van der Waals surface area contributed by atoms with Gasteiger partial charge in [0.2, 0.25) is 0 Å². The van der Waals surface area contributed by atoms with Crippen molar-refractivity contribution in [3.8, 4) is 22.6 Å². The number of nitrogens with one attached hydrogen (secondary N) is 2. The van der Waals surface area contributed by atoms with Gasteiger partial charge in [0.1, 0.15) is 5.82 Å². The third-order valence-electron chi connectivity index (χ3n) is 6.31. The van der Waals surface area contributed by atoms with E-state index in [0.29, 0.717) is 25.7 Å². The summed E-state index contributed by atoms with van der Waals surface area (Å²) in [6, 6.07) is 11.4. The maximum absolute atomic E-state index is 11.8. The van der Waals surface area contributed by atoms with Crippen LogP contribution in [0.25, 0.3) is 33.7 Å². The molecule has 1 amide bonds. The molecule has 1 aromatic carbocycles. The number of rotatable bonds is 5. The second kappa shape index (κ2) is 9.16. The van der Waals surface area contributed by atoms with E-state index in [9.17, 15) is 13.2 Å². The van der Waals surface area contributed by atoms with Crippen LogP contribution in [0.3, 0.4) is 0 Å². The second-order valence-corrected chi connectivity index (χ2v) is 10.4. The number of imidazole rings is 1. The standard InChI is InChI=1S/C24H25N7O3S/c1-14-3-2-4-19(28-14)22-21(16-7-10-18-20(13-16)27-12-11-26-18)29-23(30-22)15-5-8-17(9-6-15)31-35(33,34)24(25)32/h2-4,7,10-13,15,17,31H,5-6,8-9H2,1H3,(H2,25,32)(H,29,30). The number of hydrogen-bond acceptors (Lipinski definition) is 7. The summed E-state index contributed by atoms with van der Waals surface area (Å²) in [6.45, 7) is 1.94. The molecule has 0 bridgehead atoms. The highest BCUT2D eigenvalue weighted by Gasteiger charge is 2.30. The van der Waals surface area contributed by atoms with E-state index in [1.807, 2.05) is 43.3 Å². The Balaban J connectivity index is 1.47. The summed E-state index contributed by atoms with van der Waals surface area (Å²) in [6.07, 6.45) is 5.91. The fraction of sp³-hybridized carbons (Fsp3) is 0.292. The van der Waals surface area contributed by atoms with Crippen LogP contribution in [0.4, 0.5) is 4.79 Å². The molecule has 4 N–H and O–H groups in total. The van der Waals surface area contributed by atoms with Gasteiger partial charge in [0.25, 0.3) is 10.0 Å². The number of nitrogens with two attached hydrogens (primary N) is 1. The Hall–Kier alpha value is -3.70. The van der Waals surface area contributed by atoms with Gasteiger partial charge in [0.15, 0.2) is 0 Å². The minimum atomic E-state index is -4.13. The van der Waals surface area contributed by atoms with E-state index in [-0.39, 0.29) is 12.0 Å². The van der Waals surface area contributed by atoms with Crippen LogP contribution < -0.4 is 10.5 Å². The smallest absolute Gasteiger partial charge is 0.349 e. The van der Waals surface area contributed by atoms with Gasteiger partial charge < -0.3 is 10.7 Å². The average molecular weight is 492 g/mol. The number of hydrogen-bond donors (Lipinski definition) is 3. The number of sulfonamides is 1. The van der Waals surface area contributed by atoms with Crippen molar-refractivity contribution in [1.29, 1.82) is 0 Å². The molecule has 0 saturated heterocycles. The first-order chi connectivity index (χ1) is 16.8. The molecule has 3 heterocycles. The zero-order chi connectivity index (χ0) is 24.6. The number of benzene rings is 1. The number of amides is 1. The zero-order valence-corrected chi connectivity index (χ0v) is 19.9. The molecule has 3 aromatic heterocycles.